The van der Waals surface area contributed by atoms with Crippen molar-refractivity contribution in [3.63, 3.8) is 0 Å². The lowest BCUT2D eigenvalue weighted by molar-refractivity contribution is -0.0373. The lowest BCUT2D eigenvalue weighted by Gasteiger charge is -2.38. The highest BCUT2D eigenvalue weighted by atomic mass is 16.5. The fraction of sp³-hybridized carbons (Fsp3) is 0.421. The molecule has 1 atom stereocenters. The number of benzene rings is 1. The Morgan fingerprint density at radius 2 is 2.12 bits per heavy atom. The van der Waals surface area contributed by atoms with Crippen LogP contribution in [0.25, 0.3) is 11.4 Å². The maximum absolute atomic E-state index is 11.1. The second-order valence-electron chi connectivity index (χ2n) is 7.12. The largest absolute Gasteiger partial charge is 0.388 e. The summed E-state index contributed by atoms with van der Waals surface area (Å²) in [4.78, 5) is 6.72. The maximum Gasteiger partial charge on any atom is 0.229 e. The summed E-state index contributed by atoms with van der Waals surface area (Å²) in [5.41, 5.74) is 1.23. The zero-order chi connectivity index (χ0) is 18.0. The number of rotatable bonds is 5. The van der Waals surface area contributed by atoms with Gasteiger partial charge in [0.15, 0.2) is 0 Å². The van der Waals surface area contributed by atoms with E-state index in [1.165, 1.54) is 5.56 Å². The van der Waals surface area contributed by atoms with Crippen LogP contribution in [0.1, 0.15) is 24.3 Å². The van der Waals surface area contributed by atoms with E-state index in [1.54, 1.807) is 10.9 Å². The minimum atomic E-state index is -0.841. The van der Waals surface area contributed by atoms with Crippen molar-refractivity contribution in [2.45, 2.75) is 31.4 Å². The highest BCUT2D eigenvalue weighted by Crippen LogP contribution is 2.26. The fourth-order valence-electron chi connectivity index (χ4n) is 3.59. The summed E-state index contributed by atoms with van der Waals surface area (Å²) in [7, 11) is 1.84. The van der Waals surface area contributed by atoms with Crippen molar-refractivity contribution in [2.24, 2.45) is 7.05 Å². The summed E-state index contributed by atoms with van der Waals surface area (Å²) < 4.78 is 7.07. The van der Waals surface area contributed by atoms with E-state index in [1.807, 2.05) is 31.4 Å². The Labute approximate surface area is 152 Å². The summed E-state index contributed by atoms with van der Waals surface area (Å²) in [6.07, 6.45) is 5.60. The summed E-state index contributed by atoms with van der Waals surface area (Å²) in [6, 6.07) is 10.3. The fourth-order valence-corrected chi connectivity index (χ4v) is 3.59. The molecule has 4 rings (SSSR count). The van der Waals surface area contributed by atoms with Gasteiger partial charge in [-0.1, -0.05) is 35.5 Å². The second-order valence-corrected chi connectivity index (χ2v) is 7.12. The van der Waals surface area contributed by atoms with Crippen molar-refractivity contribution in [3.05, 3.63) is 54.2 Å². The van der Waals surface area contributed by atoms with Crippen LogP contribution < -0.4 is 0 Å². The first kappa shape index (κ1) is 16.9. The lowest BCUT2D eigenvalue weighted by Crippen LogP contribution is -2.49. The smallest absolute Gasteiger partial charge is 0.229 e. The molecule has 7 heteroatoms. The van der Waals surface area contributed by atoms with Crippen molar-refractivity contribution in [1.29, 1.82) is 0 Å². The maximum atomic E-state index is 11.1. The quantitative estimate of drug-likeness (QED) is 0.756. The van der Waals surface area contributed by atoms with Gasteiger partial charge in [0.05, 0.1) is 23.8 Å². The summed E-state index contributed by atoms with van der Waals surface area (Å²) in [6.45, 7) is 2.43. The summed E-state index contributed by atoms with van der Waals surface area (Å²) >= 11 is 0. The monoisotopic (exact) mass is 353 g/mol. The van der Waals surface area contributed by atoms with E-state index in [0.29, 0.717) is 24.7 Å². The number of aryl methyl sites for hydroxylation is 1. The number of aliphatic hydroxyl groups is 1. The van der Waals surface area contributed by atoms with Crippen molar-refractivity contribution >= 4 is 0 Å². The minimum absolute atomic E-state index is 0.367. The van der Waals surface area contributed by atoms with Crippen LogP contribution in [0, 0.1) is 0 Å². The van der Waals surface area contributed by atoms with Gasteiger partial charge in [-0.05, 0) is 24.9 Å². The van der Waals surface area contributed by atoms with E-state index < -0.39 is 5.60 Å². The zero-order valence-corrected chi connectivity index (χ0v) is 14.9. The van der Waals surface area contributed by atoms with Crippen LogP contribution in [0.5, 0.6) is 0 Å². The molecule has 1 fully saturated rings. The standard InChI is InChI=1S/C19H23N5O2/c1-23-13-16(11-20-23)18-21-17(26-22-18)10-19(25)8-5-9-24(14-19)12-15-6-3-2-4-7-15/h2-4,6-7,11,13,25H,5,8-10,12,14H2,1H3. The average molecular weight is 353 g/mol. The first-order valence-corrected chi connectivity index (χ1v) is 8.90. The predicted octanol–water partition coefficient (Wildman–Crippen LogP) is 2.04. The van der Waals surface area contributed by atoms with Gasteiger partial charge in [-0.2, -0.15) is 10.1 Å². The van der Waals surface area contributed by atoms with E-state index in [9.17, 15) is 5.11 Å². The number of hydrogen-bond donors (Lipinski definition) is 1. The third-order valence-corrected chi connectivity index (χ3v) is 4.79. The highest BCUT2D eigenvalue weighted by molar-refractivity contribution is 5.50. The normalized spacial score (nSPS) is 21.2. The van der Waals surface area contributed by atoms with E-state index in [2.05, 4.69) is 32.3 Å². The Morgan fingerprint density at radius 3 is 2.88 bits per heavy atom. The summed E-state index contributed by atoms with van der Waals surface area (Å²) in [5.74, 6) is 0.974. The van der Waals surface area contributed by atoms with E-state index in [4.69, 9.17) is 4.52 Å². The van der Waals surface area contributed by atoms with Gasteiger partial charge >= 0.3 is 0 Å². The van der Waals surface area contributed by atoms with Crippen LogP contribution >= 0.6 is 0 Å². The molecule has 1 unspecified atom stereocenters. The van der Waals surface area contributed by atoms with Crippen LogP contribution in [0.15, 0.2) is 47.2 Å². The third kappa shape index (κ3) is 3.84. The van der Waals surface area contributed by atoms with Crippen molar-refractivity contribution in [1.82, 2.24) is 24.8 Å². The molecule has 3 heterocycles. The number of hydrogen-bond acceptors (Lipinski definition) is 6. The molecular formula is C19H23N5O2. The molecule has 0 amide bonds. The van der Waals surface area contributed by atoms with E-state index in [-0.39, 0.29) is 0 Å². The Morgan fingerprint density at radius 1 is 1.27 bits per heavy atom. The Bertz CT molecular complexity index is 860. The van der Waals surface area contributed by atoms with Gasteiger partial charge < -0.3 is 9.63 Å². The number of piperidine rings is 1. The van der Waals surface area contributed by atoms with Crippen LogP contribution in [0.3, 0.4) is 0 Å². The lowest BCUT2D eigenvalue weighted by atomic mass is 9.89. The molecule has 7 nitrogen and oxygen atoms in total. The predicted molar refractivity (Wildman–Crippen MR) is 96.1 cm³/mol. The molecule has 26 heavy (non-hydrogen) atoms. The van der Waals surface area contributed by atoms with Crippen molar-refractivity contribution < 1.29 is 9.63 Å². The molecule has 0 aliphatic carbocycles. The Hall–Kier alpha value is -2.51. The molecule has 2 aromatic heterocycles. The Balaban J connectivity index is 1.42. The molecule has 1 aromatic carbocycles. The molecule has 0 saturated carbocycles. The van der Waals surface area contributed by atoms with Gasteiger partial charge in [-0.25, -0.2) is 0 Å². The minimum Gasteiger partial charge on any atom is -0.388 e. The first-order valence-electron chi connectivity index (χ1n) is 8.90. The average Bonchev–Trinajstić information content (AvgIpc) is 3.24. The molecule has 0 radical (unpaired) electrons. The molecule has 1 aliphatic heterocycles. The number of aromatic nitrogens is 4. The Kier molecular flexibility index (Phi) is 4.57. The van der Waals surface area contributed by atoms with Gasteiger partial charge in [0.1, 0.15) is 0 Å². The van der Waals surface area contributed by atoms with Crippen molar-refractivity contribution in [3.8, 4) is 11.4 Å². The van der Waals surface area contributed by atoms with Gasteiger partial charge in [-0.15, -0.1) is 0 Å². The highest BCUT2D eigenvalue weighted by Gasteiger charge is 2.35. The van der Waals surface area contributed by atoms with Crippen LogP contribution in [-0.4, -0.2) is 48.6 Å². The van der Waals surface area contributed by atoms with E-state index in [0.717, 1.165) is 31.5 Å². The first-order chi connectivity index (χ1) is 12.6. The van der Waals surface area contributed by atoms with Gasteiger partial charge in [-0.3, -0.25) is 9.58 Å². The number of β-amino-alcohol motifs (C(OH)–C–C–N with tert-alkyl or cyclic N) is 1. The summed E-state index contributed by atoms with van der Waals surface area (Å²) in [5, 5.41) is 19.2. The van der Waals surface area contributed by atoms with Crippen LogP contribution in [0.4, 0.5) is 0 Å². The van der Waals surface area contributed by atoms with Crippen LogP contribution in [-0.2, 0) is 20.0 Å². The molecule has 136 valence electrons. The molecule has 1 saturated heterocycles. The molecule has 1 N–H and O–H groups in total. The topological polar surface area (TPSA) is 80.2 Å². The van der Waals surface area contributed by atoms with E-state index >= 15 is 0 Å². The van der Waals surface area contributed by atoms with Gasteiger partial charge in [0.2, 0.25) is 11.7 Å². The van der Waals surface area contributed by atoms with Gasteiger partial charge in [0.25, 0.3) is 0 Å². The second kappa shape index (κ2) is 7.01. The van der Waals surface area contributed by atoms with Gasteiger partial charge in [0, 0.05) is 26.3 Å². The number of likely N-dealkylation sites (tertiary alicyclic amines) is 1. The molecule has 1 aliphatic rings. The third-order valence-electron chi connectivity index (χ3n) is 4.79. The molecular weight excluding hydrogens is 330 g/mol. The number of nitrogens with zero attached hydrogens (tertiary/aromatic N) is 5. The molecule has 0 spiro atoms. The molecule has 3 aromatic rings. The van der Waals surface area contributed by atoms with Crippen LogP contribution in [0.2, 0.25) is 0 Å². The molecule has 0 bridgehead atoms. The van der Waals surface area contributed by atoms with Crippen molar-refractivity contribution in [2.75, 3.05) is 13.1 Å². The SMILES string of the molecule is Cn1cc(-c2noc(CC3(O)CCCN(Cc4ccccc4)C3)n2)cn1. The zero-order valence-electron chi connectivity index (χ0n) is 14.9.